The van der Waals surface area contributed by atoms with E-state index < -0.39 is 17.9 Å². The van der Waals surface area contributed by atoms with Gasteiger partial charge in [-0.25, -0.2) is 13.6 Å². The summed E-state index contributed by atoms with van der Waals surface area (Å²) in [5, 5.41) is 21.2. The quantitative estimate of drug-likeness (QED) is 0.716. The second-order valence-corrected chi connectivity index (χ2v) is 8.73. The van der Waals surface area contributed by atoms with Gasteiger partial charge in [-0.3, -0.25) is 5.10 Å². The van der Waals surface area contributed by atoms with Gasteiger partial charge in [0.15, 0.2) is 0 Å². The van der Waals surface area contributed by atoms with Crippen molar-refractivity contribution in [2.75, 3.05) is 19.6 Å². The molecule has 0 unspecified atom stereocenters. The summed E-state index contributed by atoms with van der Waals surface area (Å²) in [6.45, 7) is 1.25. The van der Waals surface area contributed by atoms with Crippen molar-refractivity contribution in [2.45, 2.75) is 50.6 Å². The highest BCUT2D eigenvalue weighted by molar-refractivity contribution is 5.85. The van der Waals surface area contributed by atoms with Crippen molar-refractivity contribution in [3.63, 3.8) is 0 Å². The molecule has 2 aromatic rings. The predicted molar refractivity (Wildman–Crippen MR) is 104 cm³/mol. The number of piperidine rings is 1. The van der Waals surface area contributed by atoms with Crippen molar-refractivity contribution in [3.8, 4) is 0 Å². The van der Waals surface area contributed by atoms with E-state index >= 15 is 8.78 Å². The molecule has 0 bridgehead atoms. The third-order valence-corrected chi connectivity index (χ3v) is 6.83. The van der Waals surface area contributed by atoms with Crippen molar-refractivity contribution >= 4 is 16.9 Å². The molecule has 1 aromatic heterocycles. The number of carbonyl (C=O) groups is 1. The minimum absolute atomic E-state index is 0.164. The molecular weight excluding hydrogens is 378 g/mol. The number of rotatable bonds is 5. The molecule has 3 N–H and O–H groups in total. The number of hydrogen-bond acceptors (Lipinski definition) is 3. The van der Waals surface area contributed by atoms with Gasteiger partial charge in [0.25, 0.3) is 5.92 Å². The number of fused-ring (bicyclic) bond motifs is 2. The fraction of sp³-hybridized carbons (Fsp3) is 0.619. The lowest BCUT2D eigenvalue weighted by molar-refractivity contribution is -0.159. The second kappa shape index (κ2) is 6.93. The van der Waals surface area contributed by atoms with Gasteiger partial charge >= 0.3 is 6.03 Å². The Morgan fingerprint density at radius 2 is 2.07 bits per heavy atom. The number of aromatic nitrogens is 2. The lowest BCUT2D eigenvalue weighted by Gasteiger charge is -2.38. The number of nitrogens with one attached hydrogen (secondary N) is 2. The van der Waals surface area contributed by atoms with Crippen LogP contribution in [0.25, 0.3) is 10.9 Å². The first-order chi connectivity index (χ1) is 13.9. The SMILES string of the molecule is O=C(NCC1CC1)N1CCC(C(F)(F)[C@H](O)c2c3c(cc4cn[nH]c24)CC3)CC1. The molecule has 5 rings (SSSR count). The van der Waals surface area contributed by atoms with Gasteiger partial charge in [0.05, 0.1) is 11.7 Å². The highest BCUT2D eigenvalue weighted by Gasteiger charge is 2.50. The second-order valence-electron chi connectivity index (χ2n) is 8.73. The number of aryl methyl sites for hydroxylation is 1. The number of halogens is 2. The normalized spacial score (nSPS) is 21.0. The molecule has 29 heavy (non-hydrogen) atoms. The molecule has 1 aliphatic heterocycles. The summed E-state index contributed by atoms with van der Waals surface area (Å²) in [7, 11) is 0. The van der Waals surface area contributed by atoms with Crippen molar-refractivity contribution < 1.29 is 18.7 Å². The van der Waals surface area contributed by atoms with E-state index in [-0.39, 0.29) is 32.0 Å². The van der Waals surface area contributed by atoms with Gasteiger partial charge in [-0.2, -0.15) is 5.10 Å². The standard InChI is InChI=1S/C21H26F2N4O2/c22-21(23,15-5-7-27(8-6-15)20(29)24-10-12-1-2-12)19(28)17-16-4-3-13(16)9-14-11-25-26-18(14)17/h9,11-12,15,19,28H,1-8,10H2,(H,24,29)(H,25,26)/t19-/m1/s1. The maximum atomic E-state index is 15.3. The Kier molecular flexibility index (Phi) is 4.49. The molecule has 2 aliphatic carbocycles. The third kappa shape index (κ3) is 3.27. The maximum Gasteiger partial charge on any atom is 0.317 e. The van der Waals surface area contributed by atoms with Crippen LogP contribution in [0.15, 0.2) is 12.3 Å². The Morgan fingerprint density at radius 1 is 1.31 bits per heavy atom. The fourth-order valence-corrected chi connectivity index (χ4v) is 4.67. The van der Waals surface area contributed by atoms with E-state index in [0.29, 0.717) is 30.0 Å². The van der Waals surface area contributed by atoms with Crippen LogP contribution in [0.5, 0.6) is 0 Å². The predicted octanol–water partition coefficient (Wildman–Crippen LogP) is 3.16. The molecule has 8 heteroatoms. The lowest BCUT2D eigenvalue weighted by atomic mass is 9.77. The summed E-state index contributed by atoms with van der Waals surface area (Å²) in [5.74, 6) is -3.64. The van der Waals surface area contributed by atoms with Crippen LogP contribution in [0.4, 0.5) is 13.6 Å². The Morgan fingerprint density at radius 3 is 2.72 bits per heavy atom. The van der Waals surface area contributed by atoms with Gasteiger partial charge in [0.2, 0.25) is 0 Å². The summed E-state index contributed by atoms with van der Waals surface area (Å²) >= 11 is 0. The van der Waals surface area contributed by atoms with Crippen molar-refractivity contribution in [1.82, 2.24) is 20.4 Å². The summed E-state index contributed by atoms with van der Waals surface area (Å²) in [5.41, 5.74) is 2.65. The molecular formula is C21H26F2N4O2. The number of carbonyl (C=O) groups excluding carboxylic acids is 1. The number of alkyl halides is 2. The van der Waals surface area contributed by atoms with Crippen LogP contribution in [0.3, 0.4) is 0 Å². The molecule has 0 radical (unpaired) electrons. The van der Waals surface area contributed by atoms with E-state index in [1.807, 2.05) is 6.07 Å². The topological polar surface area (TPSA) is 81.2 Å². The van der Waals surface area contributed by atoms with E-state index in [4.69, 9.17) is 0 Å². The molecule has 6 nitrogen and oxygen atoms in total. The van der Waals surface area contributed by atoms with Crippen LogP contribution in [-0.2, 0) is 12.8 Å². The highest BCUT2D eigenvalue weighted by Crippen LogP contribution is 2.47. The Labute approximate surface area is 167 Å². The van der Waals surface area contributed by atoms with Crippen LogP contribution in [0.2, 0.25) is 0 Å². The minimum atomic E-state index is -3.26. The van der Waals surface area contributed by atoms with Crippen molar-refractivity contribution in [2.24, 2.45) is 11.8 Å². The first-order valence-corrected chi connectivity index (χ1v) is 10.5. The van der Waals surface area contributed by atoms with E-state index in [1.54, 1.807) is 11.1 Å². The van der Waals surface area contributed by atoms with Crippen LogP contribution in [-0.4, -0.2) is 51.8 Å². The number of aromatic amines is 1. The Bertz CT molecular complexity index is 932. The summed E-state index contributed by atoms with van der Waals surface area (Å²) < 4.78 is 30.7. The number of aliphatic hydroxyl groups is 1. The molecule has 2 heterocycles. The molecule has 2 fully saturated rings. The van der Waals surface area contributed by atoms with Crippen molar-refractivity contribution in [1.29, 1.82) is 0 Å². The zero-order chi connectivity index (χ0) is 20.2. The Balaban J connectivity index is 1.30. The molecule has 1 saturated carbocycles. The number of aliphatic hydroxyl groups excluding tert-OH is 1. The smallest absolute Gasteiger partial charge is 0.317 e. The number of amides is 2. The Hall–Kier alpha value is -2.22. The number of likely N-dealkylation sites (tertiary alicyclic amines) is 1. The first kappa shape index (κ1) is 18.8. The fourth-order valence-electron chi connectivity index (χ4n) is 4.67. The average molecular weight is 404 g/mol. The van der Waals surface area contributed by atoms with E-state index in [0.717, 1.165) is 35.8 Å². The molecule has 0 spiro atoms. The number of urea groups is 1. The molecule has 1 saturated heterocycles. The van der Waals surface area contributed by atoms with Gasteiger partial charge in [0, 0.05) is 36.5 Å². The highest BCUT2D eigenvalue weighted by atomic mass is 19.3. The number of hydrogen-bond donors (Lipinski definition) is 3. The number of H-pyrrole nitrogens is 1. The number of benzene rings is 1. The molecule has 156 valence electrons. The van der Waals surface area contributed by atoms with Crippen molar-refractivity contribution in [3.05, 3.63) is 29.0 Å². The van der Waals surface area contributed by atoms with Crippen LogP contribution < -0.4 is 5.32 Å². The van der Waals surface area contributed by atoms with E-state index in [9.17, 15) is 9.90 Å². The van der Waals surface area contributed by atoms with Gasteiger partial charge < -0.3 is 15.3 Å². The minimum Gasteiger partial charge on any atom is -0.382 e. The molecule has 3 aliphatic rings. The molecule has 1 atom stereocenters. The lowest BCUT2D eigenvalue weighted by Crippen LogP contribution is -2.48. The first-order valence-electron chi connectivity index (χ1n) is 10.5. The zero-order valence-corrected chi connectivity index (χ0v) is 16.3. The monoisotopic (exact) mass is 404 g/mol. The maximum absolute atomic E-state index is 15.3. The summed E-state index contributed by atoms with van der Waals surface area (Å²) in [4.78, 5) is 13.8. The van der Waals surface area contributed by atoms with Crippen LogP contribution in [0, 0.1) is 11.8 Å². The number of nitrogens with zero attached hydrogens (tertiary/aromatic N) is 2. The van der Waals surface area contributed by atoms with Gasteiger partial charge in [0.1, 0.15) is 6.10 Å². The summed E-state index contributed by atoms with van der Waals surface area (Å²) in [6.07, 6.45) is 3.95. The molecule has 1 aromatic carbocycles. The van der Waals surface area contributed by atoms with Gasteiger partial charge in [-0.05, 0) is 61.6 Å². The van der Waals surface area contributed by atoms with Crippen LogP contribution >= 0.6 is 0 Å². The average Bonchev–Trinajstić information content (AvgIpc) is 3.42. The summed E-state index contributed by atoms with van der Waals surface area (Å²) in [6, 6.07) is 1.80. The van der Waals surface area contributed by atoms with Crippen LogP contribution in [0.1, 0.15) is 48.5 Å². The zero-order valence-electron chi connectivity index (χ0n) is 16.3. The largest absolute Gasteiger partial charge is 0.382 e. The third-order valence-electron chi connectivity index (χ3n) is 6.83. The molecule has 2 amide bonds. The van der Waals surface area contributed by atoms with Gasteiger partial charge in [-0.1, -0.05) is 0 Å². The van der Waals surface area contributed by atoms with E-state index in [1.165, 1.54) is 0 Å². The van der Waals surface area contributed by atoms with E-state index in [2.05, 4.69) is 15.5 Å². The van der Waals surface area contributed by atoms with Gasteiger partial charge in [-0.15, -0.1) is 0 Å².